The summed E-state index contributed by atoms with van der Waals surface area (Å²) in [6.45, 7) is 12.2. The van der Waals surface area contributed by atoms with Crippen molar-refractivity contribution in [2.45, 2.75) is 46.3 Å². The van der Waals surface area contributed by atoms with E-state index in [-0.39, 0.29) is 18.0 Å². The maximum Gasteiger partial charge on any atom is 0.410 e. The van der Waals surface area contributed by atoms with E-state index in [1.807, 2.05) is 71.0 Å². The minimum atomic E-state index is -0.490. The van der Waals surface area contributed by atoms with Gasteiger partial charge in [-0.05, 0) is 71.0 Å². The van der Waals surface area contributed by atoms with Crippen LogP contribution in [0.5, 0.6) is 0 Å². The third-order valence-electron chi connectivity index (χ3n) is 5.80. The van der Waals surface area contributed by atoms with Gasteiger partial charge in [0, 0.05) is 60.7 Å². The van der Waals surface area contributed by atoms with Gasteiger partial charge in [-0.2, -0.15) is 0 Å². The second-order valence-corrected chi connectivity index (χ2v) is 10.3. The van der Waals surface area contributed by atoms with Crippen LogP contribution in [0.1, 0.15) is 45.0 Å². The van der Waals surface area contributed by atoms with Crippen LogP contribution in [0.15, 0.2) is 59.1 Å². The van der Waals surface area contributed by atoms with Crippen LogP contribution in [0.25, 0.3) is 22.6 Å². The van der Waals surface area contributed by atoms with Crippen molar-refractivity contribution in [3.8, 4) is 22.6 Å². The van der Waals surface area contributed by atoms with Gasteiger partial charge >= 0.3 is 6.09 Å². The minimum absolute atomic E-state index is 0.0663. The van der Waals surface area contributed by atoms with Crippen LogP contribution in [0.2, 0.25) is 0 Å². The molecule has 3 aromatic rings. The fourth-order valence-electron chi connectivity index (χ4n) is 4.02. The number of piperazine rings is 1. The van der Waals surface area contributed by atoms with E-state index in [9.17, 15) is 9.59 Å². The first kappa shape index (κ1) is 25.3. The van der Waals surface area contributed by atoms with Crippen molar-refractivity contribution in [1.82, 2.24) is 15.4 Å². The second kappa shape index (κ2) is 10.4. The van der Waals surface area contributed by atoms with Gasteiger partial charge in [0.05, 0.1) is 0 Å². The molecule has 0 aliphatic carbocycles. The molecule has 2 aromatic carbocycles. The molecule has 4 rings (SSSR count). The average molecular weight is 491 g/mol. The normalized spacial score (nSPS) is 14.2. The number of anilines is 1. The molecule has 0 unspecified atom stereocenters. The van der Waals surface area contributed by atoms with E-state index in [0.29, 0.717) is 30.1 Å². The first-order valence-corrected chi connectivity index (χ1v) is 12.3. The Balaban J connectivity index is 1.39. The molecule has 1 N–H and O–H groups in total. The van der Waals surface area contributed by atoms with E-state index in [0.717, 1.165) is 29.9 Å². The third kappa shape index (κ3) is 6.24. The molecule has 1 aromatic heterocycles. The van der Waals surface area contributed by atoms with Crippen molar-refractivity contribution >= 4 is 17.7 Å². The van der Waals surface area contributed by atoms with Crippen LogP contribution in [-0.4, -0.2) is 59.9 Å². The summed E-state index contributed by atoms with van der Waals surface area (Å²) in [5.41, 5.74) is 3.59. The molecule has 190 valence electrons. The van der Waals surface area contributed by atoms with Gasteiger partial charge in [-0.3, -0.25) is 4.79 Å². The van der Waals surface area contributed by atoms with Gasteiger partial charge in [-0.25, -0.2) is 4.79 Å². The Kier molecular flexibility index (Phi) is 7.33. The fraction of sp³-hybridized carbons (Fsp3) is 0.393. The molecule has 2 heterocycles. The van der Waals surface area contributed by atoms with Gasteiger partial charge in [0.2, 0.25) is 0 Å². The fourth-order valence-corrected chi connectivity index (χ4v) is 4.02. The highest BCUT2D eigenvalue weighted by Gasteiger charge is 2.26. The molecule has 36 heavy (non-hydrogen) atoms. The first-order chi connectivity index (χ1) is 17.1. The predicted octanol–water partition coefficient (Wildman–Crippen LogP) is 5.20. The van der Waals surface area contributed by atoms with Crippen LogP contribution >= 0.6 is 0 Å². The summed E-state index contributed by atoms with van der Waals surface area (Å²) in [5, 5.41) is 7.13. The SMILES string of the molecule is CC(C)NC(=O)c1cccc(-c2cc(-c3ccc(N4CCN(C(=O)OC(C)(C)C)CC4)cc3)on2)c1. The number of nitrogens with zero attached hydrogens (tertiary/aromatic N) is 3. The van der Waals surface area contributed by atoms with Gasteiger partial charge in [-0.15, -0.1) is 0 Å². The Morgan fingerprint density at radius 3 is 2.31 bits per heavy atom. The highest BCUT2D eigenvalue weighted by molar-refractivity contribution is 5.95. The molecular weight excluding hydrogens is 456 g/mol. The molecule has 1 saturated heterocycles. The lowest BCUT2D eigenvalue weighted by atomic mass is 10.1. The number of ether oxygens (including phenoxy) is 1. The summed E-state index contributed by atoms with van der Waals surface area (Å²) < 4.78 is 11.1. The first-order valence-electron chi connectivity index (χ1n) is 12.3. The number of hydrogen-bond donors (Lipinski definition) is 1. The molecule has 0 bridgehead atoms. The van der Waals surface area contributed by atoms with Crippen LogP contribution < -0.4 is 10.2 Å². The third-order valence-corrected chi connectivity index (χ3v) is 5.80. The van der Waals surface area contributed by atoms with Crippen molar-refractivity contribution in [2.24, 2.45) is 0 Å². The van der Waals surface area contributed by atoms with E-state index in [4.69, 9.17) is 9.26 Å². The molecule has 8 nitrogen and oxygen atoms in total. The number of benzene rings is 2. The Morgan fingerprint density at radius 2 is 1.67 bits per heavy atom. The predicted molar refractivity (Wildman–Crippen MR) is 140 cm³/mol. The zero-order valence-corrected chi connectivity index (χ0v) is 21.6. The Bertz CT molecular complexity index is 1200. The largest absolute Gasteiger partial charge is 0.444 e. The lowest BCUT2D eigenvalue weighted by molar-refractivity contribution is 0.0240. The van der Waals surface area contributed by atoms with Crippen molar-refractivity contribution < 1.29 is 18.8 Å². The lowest BCUT2D eigenvalue weighted by Gasteiger charge is -2.36. The molecule has 0 spiro atoms. The van der Waals surface area contributed by atoms with E-state index < -0.39 is 5.60 Å². The molecule has 0 atom stereocenters. The summed E-state index contributed by atoms with van der Waals surface area (Å²) in [6, 6.07) is 17.4. The van der Waals surface area contributed by atoms with Crippen molar-refractivity contribution in [3.63, 3.8) is 0 Å². The average Bonchev–Trinajstić information content (AvgIpc) is 3.33. The topological polar surface area (TPSA) is 87.9 Å². The number of nitrogens with one attached hydrogen (secondary N) is 1. The van der Waals surface area contributed by atoms with Gasteiger partial charge in [0.15, 0.2) is 5.76 Å². The molecule has 2 amide bonds. The second-order valence-electron chi connectivity index (χ2n) is 10.3. The van der Waals surface area contributed by atoms with Crippen LogP contribution in [0.3, 0.4) is 0 Å². The number of aromatic nitrogens is 1. The Morgan fingerprint density at radius 1 is 0.972 bits per heavy atom. The number of carbonyl (C=O) groups excluding carboxylic acids is 2. The lowest BCUT2D eigenvalue weighted by Crippen LogP contribution is -2.50. The highest BCUT2D eigenvalue weighted by atomic mass is 16.6. The summed E-state index contributed by atoms with van der Waals surface area (Å²) in [6.07, 6.45) is -0.260. The maximum absolute atomic E-state index is 12.3. The van der Waals surface area contributed by atoms with Crippen molar-refractivity contribution in [1.29, 1.82) is 0 Å². The zero-order valence-electron chi connectivity index (χ0n) is 21.6. The maximum atomic E-state index is 12.3. The van der Waals surface area contributed by atoms with E-state index in [1.165, 1.54) is 0 Å². The molecule has 1 aliphatic rings. The zero-order chi connectivity index (χ0) is 25.9. The van der Waals surface area contributed by atoms with Crippen molar-refractivity contribution in [3.05, 3.63) is 60.2 Å². The molecule has 0 saturated carbocycles. The van der Waals surface area contributed by atoms with Gasteiger partial charge in [0.25, 0.3) is 5.91 Å². The summed E-state index contributed by atoms with van der Waals surface area (Å²) in [4.78, 5) is 28.7. The van der Waals surface area contributed by atoms with Crippen LogP contribution in [0.4, 0.5) is 10.5 Å². The van der Waals surface area contributed by atoms with E-state index in [1.54, 1.807) is 11.0 Å². The summed E-state index contributed by atoms with van der Waals surface area (Å²) in [5.74, 6) is 0.543. The van der Waals surface area contributed by atoms with Crippen LogP contribution in [-0.2, 0) is 4.74 Å². The minimum Gasteiger partial charge on any atom is -0.444 e. The summed E-state index contributed by atoms with van der Waals surface area (Å²) >= 11 is 0. The Hall–Kier alpha value is -3.81. The van der Waals surface area contributed by atoms with E-state index in [2.05, 4.69) is 27.5 Å². The van der Waals surface area contributed by atoms with Gasteiger partial charge in [-0.1, -0.05) is 17.3 Å². The number of carbonyl (C=O) groups is 2. The van der Waals surface area contributed by atoms with Crippen molar-refractivity contribution in [2.75, 3.05) is 31.1 Å². The number of hydrogen-bond acceptors (Lipinski definition) is 6. The van der Waals surface area contributed by atoms with E-state index >= 15 is 0 Å². The number of amides is 2. The quantitative estimate of drug-likeness (QED) is 0.529. The van der Waals surface area contributed by atoms with Gasteiger partial charge in [0.1, 0.15) is 11.3 Å². The molecule has 8 heteroatoms. The summed E-state index contributed by atoms with van der Waals surface area (Å²) in [7, 11) is 0. The van der Waals surface area contributed by atoms with Gasteiger partial charge < -0.3 is 24.4 Å². The monoisotopic (exact) mass is 490 g/mol. The van der Waals surface area contributed by atoms with Crippen LogP contribution in [0, 0.1) is 0 Å². The molecule has 1 fully saturated rings. The Labute approximate surface area is 212 Å². The smallest absolute Gasteiger partial charge is 0.410 e. The molecule has 1 aliphatic heterocycles. The standard InChI is InChI=1S/C28H34N4O4/c1-19(2)29-26(33)22-8-6-7-21(17-22)24-18-25(36-30-24)20-9-11-23(12-10-20)31-13-15-32(16-14-31)27(34)35-28(3,4)5/h6-12,17-19H,13-16H2,1-5H3,(H,29,33). The number of rotatable bonds is 5. The molecular formula is C28H34N4O4. The molecule has 0 radical (unpaired) electrons. The highest BCUT2D eigenvalue weighted by Crippen LogP contribution is 2.28.